The van der Waals surface area contributed by atoms with Gasteiger partial charge in [0.05, 0.1) is 79.4 Å². The third-order valence-electron chi connectivity index (χ3n) is 15.4. The van der Waals surface area contributed by atoms with Crippen LogP contribution in [0.1, 0.15) is 118 Å². The molecule has 0 aromatic heterocycles. The Morgan fingerprint density at radius 1 is 0.565 bits per heavy atom. The summed E-state index contributed by atoms with van der Waals surface area (Å²) < 4.78 is 11.7. The summed E-state index contributed by atoms with van der Waals surface area (Å²) in [5.41, 5.74) is 5.39. The number of allylic oxidation sites excluding steroid dienone is 20. The van der Waals surface area contributed by atoms with E-state index in [1.165, 1.54) is 37.3 Å². The number of carbonyl (C=O) groups excluding carboxylic acids is 3. The molecule has 2 aliphatic rings. The monoisotopic (exact) mass is 1290 g/mol. The minimum Gasteiger partial charge on any atom is -0.510 e. The van der Waals surface area contributed by atoms with Crippen LogP contribution in [0.4, 0.5) is 0 Å². The molecule has 92 heavy (non-hydrogen) atoms. The first-order valence-corrected chi connectivity index (χ1v) is 31.7. The number of aliphatic hydroxyl groups excluding tert-OH is 15. The van der Waals surface area contributed by atoms with E-state index in [1.54, 1.807) is 111 Å². The van der Waals surface area contributed by atoms with Crippen molar-refractivity contribution in [3.8, 4) is 0 Å². The average Bonchev–Trinajstić information content (AvgIpc) is 1.04. The first kappa shape index (κ1) is 82.4. The van der Waals surface area contributed by atoms with E-state index in [0.29, 0.717) is 19.4 Å². The molecule has 0 saturated carbocycles. The zero-order valence-corrected chi connectivity index (χ0v) is 53.5. The zero-order chi connectivity index (χ0) is 68.5. The summed E-state index contributed by atoms with van der Waals surface area (Å²) in [6.45, 7) is 7.10. The minimum absolute atomic E-state index is 0.0196. The molecule has 1 saturated heterocycles. The van der Waals surface area contributed by atoms with Crippen LogP contribution in [-0.4, -0.2) is 205 Å². The Hall–Kier alpha value is -5.71. The highest BCUT2D eigenvalue weighted by Gasteiger charge is 2.44. The van der Waals surface area contributed by atoms with Crippen LogP contribution in [0.3, 0.4) is 0 Å². The fourth-order valence-electron chi connectivity index (χ4n) is 9.76. The fraction of sp³-hybridized carbons (Fsp3) is 0.557. The van der Waals surface area contributed by atoms with E-state index in [0.717, 1.165) is 0 Å². The van der Waals surface area contributed by atoms with Crippen molar-refractivity contribution in [1.29, 1.82) is 0 Å². The Kier molecular flexibility index (Phi) is 42.3. The van der Waals surface area contributed by atoms with Gasteiger partial charge in [0.15, 0.2) is 12.1 Å². The molecule has 1 amide bonds. The number of hydrogen-bond acceptors (Lipinski definition) is 21. The van der Waals surface area contributed by atoms with Crippen LogP contribution in [0.15, 0.2) is 169 Å². The van der Waals surface area contributed by atoms with Crippen molar-refractivity contribution in [1.82, 2.24) is 5.32 Å². The van der Waals surface area contributed by atoms with Gasteiger partial charge in [0.25, 0.3) is 0 Å². The first-order chi connectivity index (χ1) is 43.7. The van der Waals surface area contributed by atoms with Crippen LogP contribution in [-0.2, 0) is 23.9 Å². The topological polar surface area (TPSA) is 411 Å². The SMILES string of the molecule is CC(/C=C/C=C/C=C/C=C/C=C/C=C/C(=O)NC1=C(O)CCC1=O)C(O)C(C)C(O)/C=C/C=C/C=C/C=C/C=C/CC(OC1OC(C)C(O)C(O)C1O)C(C)C(=O)CC(O)CC(O)CC(O)/C=C/CC(O)CC(O)CC(O)CC(O)/C=C/CC(O)CC(O)CCCN. The number of nitrogens with two attached hydrogens (primary N) is 1. The Bertz CT molecular complexity index is 2570. The summed E-state index contributed by atoms with van der Waals surface area (Å²) in [6, 6.07) is 0. The molecule has 0 spiro atoms. The van der Waals surface area contributed by atoms with Crippen molar-refractivity contribution < 1.29 is 100 Å². The molecule has 18 N–H and O–H groups in total. The van der Waals surface area contributed by atoms with Gasteiger partial charge in [-0.1, -0.05) is 173 Å². The third-order valence-corrected chi connectivity index (χ3v) is 15.4. The van der Waals surface area contributed by atoms with Crippen LogP contribution >= 0.6 is 0 Å². The Morgan fingerprint density at radius 2 is 1.04 bits per heavy atom. The number of Topliss-reactive ketones (excluding diaryl/α,β-unsaturated/α-hetero) is 2. The quantitative estimate of drug-likeness (QED) is 0.0234. The Balaban J connectivity index is 1.83. The van der Waals surface area contributed by atoms with Crippen molar-refractivity contribution in [3.63, 3.8) is 0 Å². The van der Waals surface area contributed by atoms with Crippen LogP contribution in [0.25, 0.3) is 0 Å². The number of carbonyl (C=O) groups is 3. The molecule has 22 heteroatoms. The molecular formula is C70H106N2O20. The van der Waals surface area contributed by atoms with Gasteiger partial charge in [-0.25, -0.2) is 0 Å². The van der Waals surface area contributed by atoms with Crippen LogP contribution in [0.5, 0.6) is 0 Å². The number of ether oxygens (including phenoxy) is 2. The molecule has 22 nitrogen and oxygen atoms in total. The lowest BCUT2D eigenvalue weighted by atomic mass is 9.89. The highest BCUT2D eigenvalue weighted by atomic mass is 16.7. The van der Waals surface area contributed by atoms with Crippen molar-refractivity contribution in [2.75, 3.05) is 6.54 Å². The van der Waals surface area contributed by atoms with E-state index in [1.807, 2.05) is 37.3 Å². The van der Waals surface area contributed by atoms with Crippen molar-refractivity contribution in [2.24, 2.45) is 23.5 Å². The second-order valence-corrected chi connectivity index (χ2v) is 23.6. The highest BCUT2D eigenvalue weighted by molar-refractivity contribution is 6.03. The number of aliphatic hydroxyl groups is 15. The van der Waals surface area contributed by atoms with Gasteiger partial charge in [-0.15, -0.1) is 0 Å². The van der Waals surface area contributed by atoms with Gasteiger partial charge >= 0.3 is 0 Å². The van der Waals surface area contributed by atoms with Crippen molar-refractivity contribution in [3.05, 3.63) is 169 Å². The van der Waals surface area contributed by atoms with Crippen molar-refractivity contribution >= 4 is 17.5 Å². The number of hydrogen-bond donors (Lipinski definition) is 17. The van der Waals surface area contributed by atoms with E-state index in [9.17, 15) is 91.0 Å². The van der Waals surface area contributed by atoms with E-state index < -0.39 is 134 Å². The van der Waals surface area contributed by atoms with E-state index in [-0.39, 0.29) is 93.8 Å². The summed E-state index contributed by atoms with van der Waals surface area (Å²) in [7, 11) is 0. The van der Waals surface area contributed by atoms with Crippen LogP contribution in [0.2, 0.25) is 0 Å². The van der Waals surface area contributed by atoms with Crippen LogP contribution in [0, 0.1) is 17.8 Å². The zero-order valence-electron chi connectivity index (χ0n) is 53.5. The second-order valence-electron chi connectivity index (χ2n) is 23.6. The number of nitrogens with one attached hydrogen (secondary N) is 1. The van der Waals surface area contributed by atoms with Gasteiger partial charge in [-0.3, -0.25) is 14.4 Å². The lowest BCUT2D eigenvalue weighted by molar-refractivity contribution is -0.306. The molecule has 20 atom stereocenters. The highest BCUT2D eigenvalue weighted by Crippen LogP contribution is 2.28. The molecule has 2 rings (SSSR count). The molecule has 0 aromatic rings. The molecule has 1 aliphatic heterocycles. The lowest BCUT2D eigenvalue weighted by Crippen LogP contribution is -2.58. The third kappa shape index (κ3) is 35.5. The number of ketones is 2. The summed E-state index contributed by atoms with van der Waals surface area (Å²) in [5, 5.41) is 159. The standard InChI is InChI=1S/C70H106N2O20/c1-46(27-20-16-12-8-5-6-11-15-19-23-35-64(86)72-65-60(83)36-37-61(65)84)66(87)48(3)59(82)33-21-17-13-9-7-10-14-18-22-34-63(92-70-69(90)68(89)67(88)49(4)91-70)47(2)62(85)45-58(81)44-57(80)42-53(76)31-25-30-52(75)41-56(79)43-55(78)40-51(74)29-24-28-50(73)39-54(77)32-26-38-71/h5-25,27,29,31,33,35,46-59,63,66-70,73-83,87-90H,26,28,30,32,34,36-45,71H2,1-4H3,(H,72,86)/b8-5+,9-7+,11-6+,14-10+,16-12+,17-13+,19-15+,22-18+,27-20+,29-24+,31-25+,33-21+,35-23+. The van der Waals surface area contributed by atoms with Gasteiger partial charge in [-0.05, 0) is 71.3 Å². The number of amides is 1. The number of rotatable bonds is 45. The molecule has 516 valence electrons. The molecule has 0 radical (unpaired) electrons. The minimum atomic E-state index is -1.65. The molecular weight excluding hydrogens is 1190 g/mol. The predicted molar refractivity (Wildman–Crippen MR) is 351 cm³/mol. The summed E-state index contributed by atoms with van der Waals surface area (Å²) >= 11 is 0. The van der Waals surface area contributed by atoms with Gasteiger partial charge in [0.2, 0.25) is 5.91 Å². The largest absolute Gasteiger partial charge is 0.510 e. The smallest absolute Gasteiger partial charge is 0.248 e. The normalized spacial score (nSPS) is 24.2. The fourth-order valence-corrected chi connectivity index (χ4v) is 9.76. The molecule has 1 fully saturated rings. The Labute approximate surface area is 542 Å². The molecule has 0 bridgehead atoms. The lowest BCUT2D eigenvalue weighted by Gasteiger charge is -2.41. The molecule has 20 unspecified atom stereocenters. The van der Waals surface area contributed by atoms with Gasteiger partial charge in [0, 0.05) is 55.9 Å². The average molecular weight is 1300 g/mol. The maximum Gasteiger partial charge on any atom is 0.248 e. The molecule has 0 aromatic carbocycles. The Morgan fingerprint density at radius 3 is 1.58 bits per heavy atom. The van der Waals surface area contributed by atoms with E-state index in [2.05, 4.69) is 5.32 Å². The maximum absolute atomic E-state index is 13.6. The van der Waals surface area contributed by atoms with Crippen LogP contribution < -0.4 is 11.1 Å². The van der Waals surface area contributed by atoms with Gasteiger partial charge in [-0.2, -0.15) is 0 Å². The van der Waals surface area contributed by atoms with E-state index >= 15 is 0 Å². The van der Waals surface area contributed by atoms with E-state index in [4.69, 9.17) is 15.2 Å². The molecule has 1 aliphatic carbocycles. The predicted octanol–water partition coefficient (Wildman–Crippen LogP) is 3.77. The molecule has 1 heterocycles. The van der Waals surface area contributed by atoms with Gasteiger partial charge < -0.3 is 97.1 Å². The second kappa shape index (κ2) is 47.2. The first-order valence-electron chi connectivity index (χ1n) is 31.7. The summed E-state index contributed by atoms with van der Waals surface area (Å²) in [4.78, 5) is 37.2. The maximum atomic E-state index is 13.6. The van der Waals surface area contributed by atoms with Crippen molar-refractivity contribution in [2.45, 2.75) is 222 Å². The van der Waals surface area contributed by atoms with Gasteiger partial charge in [0.1, 0.15) is 35.6 Å². The summed E-state index contributed by atoms with van der Waals surface area (Å²) in [6.07, 6.45) is 25.0. The summed E-state index contributed by atoms with van der Waals surface area (Å²) in [5.74, 6) is -3.00.